The van der Waals surface area contributed by atoms with Gasteiger partial charge in [-0.15, -0.1) is 0 Å². The summed E-state index contributed by atoms with van der Waals surface area (Å²) in [5.74, 6) is 1.46. The van der Waals surface area contributed by atoms with Gasteiger partial charge in [0.1, 0.15) is 6.10 Å². The summed E-state index contributed by atoms with van der Waals surface area (Å²) in [7, 11) is 0. The van der Waals surface area contributed by atoms with Crippen molar-refractivity contribution in [3.63, 3.8) is 0 Å². The molecule has 5 unspecified atom stereocenters. The SMILES string of the molecule is CC1C=CC2(C)C3Cc4ccc(O)c5c4C2(CCN3)C1O5. The number of phenols is 1. The van der Waals surface area contributed by atoms with Gasteiger partial charge in [-0.1, -0.05) is 32.1 Å². The maximum absolute atomic E-state index is 10.3. The molecule has 21 heavy (non-hydrogen) atoms. The van der Waals surface area contributed by atoms with E-state index in [9.17, 15) is 5.11 Å². The molecule has 4 aliphatic rings. The van der Waals surface area contributed by atoms with Crippen molar-refractivity contribution >= 4 is 0 Å². The first kappa shape index (κ1) is 12.1. The first-order valence-electron chi connectivity index (χ1n) is 8.03. The second-order valence-electron chi connectivity index (χ2n) is 7.42. The molecular formula is C18H21NO2. The van der Waals surface area contributed by atoms with Gasteiger partial charge in [0.15, 0.2) is 11.5 Å². The van der Waals surface area contributed by atoms with Gasteiger partial charge in [-0.05, 0) is 31.0 Å². The molecule has 2 N–H and O–H groups in total. The number of phenolic OH excluding ortho intramolecular Hbond substituents is 1. The van der Waals surface area contributed by atoms with Crippen molar-refractivity contribution in [2.45, 2.75) is 44.2 Å². The Labute approximate surface area is 125 Å². The number of piperidine rings is 1. The third kappa shape index (κ3) is 1.11. The maximum Gasteiger partial charge on any atom is 0.165 e. The summed E-state index contributed by atoms with van der Waals surface area (Å²) < 4.78 is 6.36. The van der Waals surface area contributed by atoms with E-state index >= 15 is 0 Å². The van der Waals surface area contributed by atoms with Gasteiger partial charge in [0, 0.05) is 28.4 Å². The van der Waals surface area contributed by atoms with E-state index in [0.717, 1.165) is 25.1 Å². The van der Waals surface area contributed by atoms with Crippen LogP contribution in [0.25, 0.3) is 0 Å². The van der Waals surface area contributed by atoms with Crippen LogP contribution in [0.15, 0.2) is 24.3 Å². The van der Waals surface area contributed by atoms with E-state index in [4.69, 9.17) is 4.74 Å². The minimum absolute atomic E-state index is 0.0265. The van der Waals surface area contributed by atoms with E-state index in [1.165, 1.54) is 11.1 Å². The highest BCUT2D eigenvalue weighted by molar-refractivity contribution is 5.62. The second kappa shape index (κ2) is 3.46. The molecule has 0 amide bonds. The first-order chi connectivity index (χ1) is 10.1. The highest BCUT2D eigenvalue weighted by Crippen LogP contribution is 2.66. The topological polar surface area (TPSA) is 41.5 Å². The quantitative estimate of drug-likeness (QED) is 0.719. The third-order valence-electron chi connectivity index (χ3n) is 6.64. The highest BCUT2D eigenvalue weighted by Gasteiger charge is 2.68. The highest BCUT2D eigenvalue weighted by atomic mass is 16.5. The smallest absolute Gasteiger partial charge is 0.165 e. The van der Waals surface area contributed by atoms with Crippen LogP contribution in [-0.2, 0) is 11.8 Å². The minimum Gasteiger partial charge on any atom is -0.504 e. The number of hydrogen-bond donors (Lipinski definition) is 2. The summed E-state index contributed by atoms with van der Waals surface area (Å²) in [6, 6.07) is 4.37. The number of rotatable bonds is 0. The van der Waals surface area contributed by atoms with Crippen LogP contribution < -0.4 is 10.1 Å². The summed E-state index contributed by atoms with van der Waals surface area (Å²) in [6.45, 7) is 5.66. The lowest BCUT2D eigenvalue weighted by Gasteiger charge is -2.60. The van der Waals surface area contributed by atoms with Crippen LogP contribution in [0.5, 0.6) is 11.5 Å². The Morgan fingerprint density at radius 1 is 1.38 bits per heavy atom. The Morgan fingerprint density at radius 2 is 2.24 bits per heavy atom. The zero-order chi connectivity index (χ0) is 14.4. The fourth-order valence-corrected chi connectivity index (χ4v) is 5.62. The van der Waals surface area contributed by atoms with Crippen LogP contribution in [0.2, 0.25) is 0 Å². The zero-order valence-corrected chi connectivity index (χ0v) is 12.5. The molecule has 2 aliphatic carbocycles. The molecule has 2 heterocycles. The molecule has 1 aromatic carbocycles. The van der Waals surface area contributed by atoms with Crippen molar-refractivity contribution in [3.8, 4) is 11.5 Å². The number of aromatic hydroxyl groups is 1. The van der Waals surface area contributed by atoms with E-state index in [0.29, 0.717) is 17.7 Å². The van der Waals surface area contributed by atoms with Crippen LogP contribution in [-0.4, -0.2) is 23.8 Å². The lowest BCUT2D eigenvalue weighted by molar-refractivity contribution is -0.0229. The van der Waals surface area contributed by atoms with E-state index in [-0.39, 0.29) is 16.9 Å². The molecule has 2 bridgehead atoms. The molecule has 1 saturated heterocycles. The van der Waals surface area contributed by atoms with Gasteiger partial charge in [0.2, 0.25) is 0 Å². The second-order valence-corrected chi connectivity index (χ2v) is 7.42. The molecular weight excluding hydrogens is 262 g/mol. The molecule has 1 aromatic rings. The first-order valence-corrected chi connectivity index (χ1v) is 8.03. The molecule has 1 spiro atoms. The van der Waals surface area contributed by atoms with Crippen molar-refractivity contribution in [2.75, 3.05) is 6.54 Å². The van der Waals surface area contributed by atoms with Crippen molar-refractivity contribution < 1.29 is 9.84 Å². The van der Waals surface area contributed by atoms with Gasteiger partial charge < -0.3 is 15.2 Å². The predicted octanol–water partition coefficient (Wildman–Crippen LogP) is 2.52. The number of benzene rings is 1. The Bertz CT molecular complexity index is 682. The third-order valence-corrected chi connectivity index (χ3v) is 6.64. The normalized spacial score (nSPS) is 45.1. The van der Waals surface area contributed by atoms with Gasteiger partial charge in [0.25, 0.3) is 0 Å². The largest absolute Gasteiger partial charge is 0.504 e. The van der Waals surface area contributed by atoms with Crippen molar-refractivity contribution in [3.05, 3.63) is 35.4 Å². The minimum atomic E-state index is 0.0265. The van der Waals surface area contributed by atoms with Crippen LogP contribution in [0, 0.1) is 11.3 Å². The number of nitrogens with one attached hydrogen (secondary N) is 1. The summed E-state index contributed by atoms with van der Waals surface area (Å²) in [5, 5.41) is 14.0. The molecule has 1 fully saturated rings. The summed E-state index contributed by atoms with van der Waals surface area (Å²) in [6.07, 6.45) is 7.01. The molecule has 0 radical (unpaired) electrons. The Kier molecular flexibility index (Phi) is 2.00. The monoisotopic (exact) mass is 283 g/mol. The lowest BCUT2D eigenvalue weighted by Crippen LogP contribution is -2.69. The van der Waals surface area contributed by atoms with Crippen LogP contribution >= 0.6 is 0 Å². The van der Waals surface area contributed by atoms with Crippen LogP contribution in [0.3, 0.4) is 0 Å². The van der Waals surface area contributed by atoms with Crippen LogP contribution in [0.1, 0.15) is 31.4 Å². The molecule has 110 valence electrons. The Balaban J connectivity index is 1.90. The van der Waals surface area contributed by atoms with Gasteiger partial charge in [-0.25, -0.2) is 0 Å². The predicted molar refractivity (Wildman–Crippen MR) is 80.7 cm³/mol. The van der Waals surface area contributed by atoms with E-state index in [1.54, 1.807) is 6.07 Å². The molecule has 3 nitrogen and oxygen atoms in total. The molecule has 2 aliphatic heterocycles. The number of ether oxygens (including phenoxy) is 1. The summed E-state index contributed by atoms with van der Waals surface area (Å²) in [5.41, 5.74) is 2.78. The van der Waals surface area contributed by atoms with E-state index in [2.05, 4.69) is 37.4 Å². The molecule has 5 atom stereocenters. The average Bonchev–Trinajstić information content (AvgIpc) is 2.80. The molecule has 3 heteroatoms. The summed E-state index contributed by atoms with van der Waals surface area (Å²) >= 11 is 0. The van der Waals surface area contributed by atoms with Gasteiger partial charge in [-0.2, -0.15) is 0 Å². The van der Waals surface area contributed by atoms with Gasteiger partial charge in [-0.3, -0.25) is 0 Å². The average molecular weight is 283 g/mol. The van der Waals surface area contributed by atoms with Gasteiger partial charge >= 0.3 is 0 Å². The Hall–Kier alpha value is -1.48. The molecule has 0 saturated carbocycles. The van der Waals surface area contributed by atoms with Crippen molar-refractivity contribution in [2.24, 2.45) is 11.3 Å². The van der Waals surface area contributed by atoms with Crippen LogP contribution in [0.4, 0.5) is 0 Å². The fraction of sp³-hybridized carbons (Fsp3) is 0.556. The maximum atomic E-state index is 10.3. The zero-order valence-electron chi connectivity index (χ0n) is 12.5. The van der Waals surface area contributed by atoms with Crippen molar-refractivity contribution in [1.82, 2.24) is 5.32 Å². The molecule has 0 aromatic heterocycles. The van der Waals surface area contributed by atoms with E-state index < -0.39 is 0 Å². The standard InChI is InChI=1S/C18H21NO2/c1-10-5-6-17(2)13-9-11-3-4-12(20)15-14(11)18(17,7-8-19-13)16(10)21-15/h3-6,10,13,16,19-20H,7-9H2,1-2H3. The molecule has 5 rings (SSSR count). The lowest BCUT2D eigenvalue weighted by atomic mass is 9.45. The van der Waals surface area contributed by atoms with E-state index in [1.807, 2.05) is 0 Å². The Morgan fingerprint density at radius 3 is 3.10 bits per heavy atom. The fourth-order valence-electron chi connectivity index (χ4n) is 5.62. The summed E-state index contributed by atoms with van der Waals surface area (Å²) in [4.78, 5) is 0. The van der Waals surface area contributed by atoms with Crippen molar-refractivity contribution in [1.29, 1.82) is 0 Å². The van der Waals surface area contributed by atoms with Gasteiger partial charge in [0.05, 0.1) is 0 Å². The number of hydrogen-bond acceptors (Lipinski definition) is 3.